The number of anilines is 2. The fourth-order valence-corrected chi connectivity index (χ4v) is 5.80. The molecule has 0 radical (unpaired) electrons. The Labute approximate surface area is 180 Å². The molecular weight excluding hydrogens is 420 g/mol. The fourth-order valence-electron chi connectivity index (χ4n) is 3.35. The summed E-state index contributed by atoms with van der Waals surface area (Å²) in [4.78, 5) is 12.7. The molecule has 158 valence electrons. The molecule has 1 heterocycles. The van der Waals surface area contributed by atoms with Crippen molar-refractivity contribution in [3.63, 3.8) is 0 Å². The molecule has 0 aliphatic heterocycles. The number of nitrogens with two attached hydrogens (primary N) is 1. The molecule has 0 atom stereocenters. The van der Waals surface area contributed by atoms with Gasteiger partial charge in [-0.15, -0.1) is 11.8 Å². The number of carbonyl (C=O) groups is 1. The van der Waals surface area contributed by atoms with Gasteiger partial charge >= 0.3 is 0 Å². The third kappa shape index (κ3) is 4.22. The summed E-state index contributed by atoms with van der Waals surface area (Å²) in [5, 5.41) is 7.42. The number of thioether (sulfide) groups is 1. The van der Waals surface area contributed by atoms with E-state index in [0.717, 1.165) is 22.4 Å². The van der Waals surface area contributed by atoms with Crippen LogP contribution in [0.3, 0.4) is 0 Å². The number of benzene rings is 2. The molecule has 0 unspecified atom stereocenters. The maximum Gasteiger partial charge on any atom is 0.246 e. The van der Waals surface area contributed by atoms with E-state index in [9.17, 15) is 13.2 Å². The molecule has 0 saturated heterocycles. The Bertz CT molecular complexity index is 1180. The number of amides is 1. The predicted molar refractivity (Wildman–Crippen MR) is 120 cm³/mol. The van der Waals surface area contributed by atoms with Gasteiger partial charge < -0.3 is 11.1 Å². The zero-order valence-electron chi connectivity index (χ0n) is 17.3. The van der Waals surface area contributed by atoms with Crippen LogP contribution in [0.5, 0.6) is 0 Å². The molecule has 0 fully saturated rings. The standard InChI is InChI=1S/C21H24N4O3S2/c1-13-10-14(2)18(15(3)11-13)23-17(26)12-25-20(22)19(21(24-25)29-4)30(27,28)16-8-6-5-7-9-16/h5-11H,12,22H2,1-4H3,(H,23,26). The summed E-state index contributed by atoms with van der Waals surface area (Å²) in [5.41, 5.74) is 9.90. The number of nitrogen functional groups attached to an aromatic ring is 1. The van der Waals surface area contributed by atoms with E-state index >= 15 is 0 Å². The third-order valence-corrected chi connectivity index (χ3v) is 7.30. The van der Waals surface area contributed by atoms with Crippen molar-refractivity contribution in [2.24, 2.45) is 0 Å². The molecule has 3 rings (SSSR count). The van der Waals surface area contributed by atoms with Crippen molar-refractivity contribution in [1.82, 2.24) is 9.78 Å². The van der Waals surface area contributed by atoms with E-state index in [-0.39, 0.29) is 33.1 Å². The number of sulfone groups is 1. The largest absolute Gasteiger partial charge is 0.383 e. The van der Waals surface area contributed by atoms with Gasteiger partial charge in [-0.2, -0.15) is 5.10 Å². The molecule has 0 aliphatic carbocycles. The number of hydrogen-bond donors (Lipinski definition) is 2. The lowest BCUT2D eigenvalue weighted by molar-refractivity contribution is -0.116. The highest BCUT2D eigenvalue weighted by atomic mass is 32.2. The normalized spacial score (nSPS) is 11.5. The van der Waals surface area contributed by atoms with Gasteiger partial charge in [0, 0.05) is 5.69 Å². The first kappa shape index (κ1) is 21.9. The number of nitrogens with one attached hydrogen (secondary N) is 1. The van der Waals surface area contributed by atoms with Crippen LogP contribution in [-0.2, 0) is 21.2 Å². The van der Waals surface area contributed by atoms with Gasteiger partial charge in [0.1, 0.15) is 22.3 Å². The summed E-state index contributed by atoms with van der Waals surface area (Å²) in [5.74, 6) is -0.397. The monoisotopic (exact) mass is 444 g/mol. The van der Waals surface area contributed by atoms with Crippen molar-refractivity contribution in [2.75, 3.05) is 17.3 Å². The van der Waals surface area contributed by atoms with Gasteiger partial charge in [0.15, 0.2) is 0 Å². The Kier molecular flexibility index (Phi) is 6.23. The van der Waals surface area contributed by atoms with E-state index in [1.807, 2.05) is 32.9 Å². The summed E-state index contributed by atoms with van der Waals surface area (Å²) in [6.07, 6.45) is 1.72. The van der Waals surface area contributed by atoms with Crippen LogP contribution in [0.2, 0.25) is 0 Å². The first-order chi connectivity index (χ1) is 14.1. The molecule has 0 bridgehead atoms. The molecule has 30 heavy (non-hydrogen) atoms. The van der Waals surface area contributed by atoms with Gasteiger partial charge in [-0.1, -0.05) is 35.9 Å². The van der Waals surface area contributed by atoms with Crippen molar-refractivity contribution in [1.29, 1.82) is 0 Å². The molecule has 1 amide bonds. The summed E-state index contributed by atoms with van der Waals surface area (Å²) in [6, 6.07) is 12.0. The van der Waals surface area contributed by atoms with E-state index < -0.39 is 9.84 Å². The highest BCUT2D eigenvalue weighted by Gasteiger charge is 2.29. The first-order valence-electron chi connectivity index (χ1n) is 9.23. The number of aryl methyl sites for hydroxylation is 3. The number of carbonyl (C=O) groups excluding carboxylic acids is 1. The Morgan fingerprint density at radius 2 is 1.73 bits per heavy atom. The zero-order valence-corrected chi connectivity index (χ0v) is 18.9. The van der Waals surface area contributed by atoms with Crippen molar-refractivity contribution in [2.45, 2.75) is 42.1 Å². The summed E-state index contributed by atoms with van der Waals surface area (Å²) >= 11 is 1.17. The van der Waals surface area contributed by atoms with Crippen LogP contribution < -0.4 is 11.1 Å². The maximum atomic E-state index is 13.1. The number of rotatable bonds is 6. The second-order valence-electron chi connectivity index (χ2n) is 7.02. The number of nitrogens with zero attached hydrogens (tertiary/aromatic N) is 2. The predicted octanol–water partition coefficient (Wildman–Crippen LogP) is 3.58. The lowest BCUT2D eigenvalue weighted by Gasteiger charge is -2.13. The molecule has 1 aromatic heterocycles. The van der Waals surface area contributed by atoms with Crippen molar-refractivity contribution < 1.29 is 13.2 Å². The van der Waals surface area contributed by atoms with Crippen molar-refractivity contribution in [3.8, 4) is 0 Å². The summed E-state index contributed by atoms with van der Waals surface area (Å²) in [7, 11) is -3.87. The molecular formula is C21H24N4O3S2. The lowest BCUT2D eigenvalue weighted by atomic mass is 10.1. The maximum absolute atomic E-state index is 13.1. The second-order valence-corrected chi connectivity index (χ2v) is 9.70. The fraction of sp³-hybridized carbons (Fsp3) is 0.238. The van der Waals surface area contributed by atoms with Crippen LogP contribution in [0.4, 0.5) is 11.5 Å². The van der Waals surface area contributed by atoms with Gasteiger partial charge in [-0.3, -0.25) is 4.79 Å². The SMILES string of the molecule is CSc1nn(CC(=O)Nc2c(C)cc(C)cc2C)c(N)c1S(=O)(=O)c1ccccc1. The highest BCUT2D eigenvalue weighted by Crippen LogP contribution is 2.34. The average molecular weight is 445 g/mol. The second kappa shape index (κ2) is 8.53. The minimum absolute atomic E-state index is 0.0595. The number of hydrogen-bond acceptors (Lipinski definition) is 6. The highest BCUT2D eigenvalue weighted by molar-refractivity contribution is 7.99. The molecule has 3 N–H and O–H groups in total. The van der Waals surface area contributed by atoms with Crippen LogP contribution in [0.15, 0.2) is 57.3 Å². The molecule has 7 nitrogen and oxygen atoms in total. The summed E-state index contributed by atoms with van der Waals surface area (Å²) in [6.45, 7) is 5.65. The minimum atomic E-state index is -3.87. The van der Waals surface area contributed by atoms with Crippen LogP contribution in [0.1, 0.15) is 16.7 Å². The molecule has 0 saturated carbocycles. The van der Waals surface area contributed by atoms with Crippen molar-refractivity contribution >= 4 is 39.0 Å². The minimum Gasteiger partial charge on any atom is -0.383 e. The average Bonchev–Trinajstić information content (AvgIpc) is 3.01. The molecule has 9 heteroatoms. The van der Waals surface area contributed by atoms with Crippen LogP contribution in [0.25, 0.3) is 0 Å². The van der Waals surface area contributed by atoms with Gasteiger partial charge in [-0.05, 0) is 50.3 Å². The van der Waals surface area contributed by atoms with Crippen LogP contribution in [0, 0.1) is 20.8 Å². The number of aromatic nitrogens is 2. The van der Waals surface area contributed by atoms with Gasteiger partial charge in [-0.25, -0.2) is 13.1 Å². The Morgan fingerprint density at radius 1 is 1.13 bits per heavy atom. The van der Waals surface area contributed by atoms with E-state index in [2.05, 4.69) is 10.4 Å². The zero-order chi connectivity index (χ0) is 22.1. The topological polar surface area (TPSA) is 107 Å². The quantitative estimate of drug-likeness (QED) is 0.563. The smallest absolute Gasteiger partial charge is 0.246 e. The molecule has 0 aliphatic rings. The van der Waals surface area contributed by atoms with Gasteiger partial charge in [0.25, 0.3) is 0 Å². The van der Waals surface area contributed by atoms with E-state index in [4.69, 9.17) is 5.73 Å². The van der Waals surface area contributed by atoms with E-state index in [1.54, 1.807) is 24.5 Å². The molecule has 2 aromatic carbocycles. The third-order valence-electron chi connectivity index (χ3n) is 4.67. The Morgan fingerprint density at radius 3 is 2.30 bits per heavy atom. The molecule has 0 spiro atoms. The van der Waals surface area contributed by atoms with Crippen molar-refractivity contribution in [3.05, 3.63) is 59.2 Å². The van der Waals surface area contributed by atoms with Crippen LogP contribution in [-0.4, -0.2) is 30.4 Å². The van der Waals surface area contributed by atoms with Gasteiger partial charge in [0.05, 0.1) is 4.90 Å². The van der Waals surface area contributed by atoms with Gasteiger partial charge in [0.2, 0.25) is 15.7 Å². The Hall–Kier alpha value is -2.78. The lowest BCUT2D eigenvalue weighted by Crippen LogP contribution is -2.22. The van der Waals surface area contributed by atoms with E-state index in [1.165, 1.54) is 28.6 Å². The molecule has 3 aromatic rings. The van der Waals surface area contributed by atoms with E-state index in [0.29, 0.717) is 0 Å². The Balaban J connectivity index is 1.93. The summed E-state index contributed by atoms with van der Waals surface area (Å²) < 4.78 is 27.4. The van der Waals surface area contributed by atoms with Crippen LogP contribution >= 0.6 is 11.8 Å². The first-order valence-corrected chi connectivity index (χ1v) is 11.9.